The van der Waals surface area contributed by atoms with Gasteiger partial charge < -0.3 is 4.74 Å². The number of thiazole rings is 1. The smallest absolute Gasteiger partial charge is 0.133 e. The van der Waals surface area contributed by atoms with Gasteiger partial charge in [-0.1, -0.05) is 0 Å². The van der Waals surface area contributed by atoms with E-state index < -0.39 is 0 Å². The molecule has 0 saturated carbocycles. The summed E-state index contributed by atoms with van der Waals surface area (Å²) in [5, 5.41) is 2.99. The van der Waals surface area contributed by atoms with Crippen molar-refractivity contribution in [1.82, 2.24) is 4.98 Å². The Morgan fingerprint density at radius 2 is 2.27 bits per heavy atom. The Balaban J connectivity index is 2.57. The molecule has 0 spiro atoms. The predicted octanol–water partition coefficient (Wildman–Crippen LogP) is 4.19. The molecule has 0 aliphatic heterocycles. The SMILES string of the molecule is COc1cc(-c2nccs2)c(I)cc1Br. The lowest BCUT2D eigenvalue weighted by molar-refractivity contribution is 0.412. The fourth-order valence-electron chi connectivity index (χ4n) is 1.21. The second-order valence-corrected chi connectivity index (χ2v) is 5.71. The van der Waals surface area contributed by atoms with Crippen molar-refractivity contribution in [2.75, 3.05) is 7.11 Å². The summed E-state index contributed by atoms with van der Waals surface area (Å²) in [6, 6.07) is 4.04. The van der Waals surface area contributed by atoms with E-state index in [4.69, 9.17) is 4.74 Å². The summed E-state index contributed by atoms with van der Waals surface area (Å²) < 4.78 is 7.39. The van der Waals surface area contributed by atoms with E-state index >= 15 is 0 Å². The number of nitrogens with zero attached hydrogens (tertiary/aromatic N) is 1. The second-order valence-electron chi connectivity index (χ2n) is 2.80. The van der Waals surface area contributed by atoms with Crippen LogP contribution in [-0.2, 0) is 0 Å². The molecule has 0 bridgehead atoms. The molecule has 0 saturated heterocycles. The number of halogens is 2. The summed E-state index contributed by atoms with van der Waals surface area (Å²) in [5.41, 5.74) is 1.12. The van der Waals surface area contributed by atoms with Crippen molar-refractivity contribution >= 4 is 49.9 Å². The van der Waals surface area contributed by atoms with E-state index in [0.29, 0.717) is 0 Å². The minimum Gasteiger partial charge on any atom is -0.496 e. The Morgan fingerprint density at radius 3 is 2.87 bits per heavy atom. The Kier molecular flexibility index (Phi) is 3.63. The second kappa shape index (κ2) is 4.80. The molecular weight excluding hydrogens is 389 g/mol. The van der Waals surface area contributed by atoms with E-state index in [1.54, 1.807) is 18.4 Å². The summed E-state index contributed by atoms with van der Waals surface area (Å²) in [4.78, 5) is 4.30. The summed E-state index contributed by atoms with van der Waals surface area (Å²) in [6.45, 7) is 0. The van der Waals surface area contributed by atoms with Crippen LogP contribution in [0.3, 0.4) is 0 Å². The molecule has 0 aliphatic carbocycles. The molecule has 2 rings (SSSR count). The Labute approximate surface area is 114 Å². The van der Waals surface area contributed by atoms with Gasteiger partial charge in [-0.2, -0.15) is 0 Å². The molecule has 5 heteroatoms. The first-order valence-corrected chi connectivity index (χ1v) is 6.90. The van der Waals surface area contributed by atoms with Crippen molar-refractivity contribution in [3.05, 3.63) is 31.8 Å². The van der Waals surface area contributed by atoms with Crippen LogP contribution in [0, 0.1) is 3.57 Å². The number of benzene rings is 1. The summed E-state index contributed by atoms with van der Waals surface area (Å²) in [5.74, 6) is 0.834. The number of aromatic nitrogens is 1. The van der Waals surface area contributed by atoms with E-state index in [9.17, 15) is 0 Å². The van der Waals surface area contributed by atoms with Crippen LogP contribution in [0.1, 0.15) is 0 Å². The van der Waals surface area contributed by atoms with Crippen molar-refractivity contribution in [3.63, 3.8) is 0 Å². The fraction of sp³-hybridized carbons (Fsp3) is 0.100. The van der Waals surface area contributed by atoms with Crippen LogP contribution in [0.4, 0.5) is 0 Å². The third-order valence-electron chi connectivity index (χ3n) is 1.90. The largest absolute Gasteiger partial charge is 0.496 e. The zero-order valence-electron chi connectivity index (χ0n) is 7.83. The van der Waals surface area contributed by atoms with Crippen LogP contribution < -0.4 is 4.74 Å². The first kappa shape index (κ1) is 11.3. The molecule has 0 radical (unpaired) electrons. The van der Waals surface area contributed by atoms with Crippen LogP contribution in [0.2, 0.25) is 0 Å². The number of hydrogen-bond donors (Lipinski definition) is 0. The summed E-state index contributed by atoms with van der Waals surface area (Å²) >= 11 is 7.39. The minimum absolute atomic E-state index is 0.834. The van der Waals surface area contributed by atoms with Crippen LogP contribution in [-0.4, -0.2) is 12.1 Å². The Morgan fingerprint density at radius 1 is 1.47 bits per heavy atom. The standard InChI is InChI=1S/C10H7BrINOS/c1-14-9-4-6(8(12)5-7(9)11)10-13-2-3-15-10/h2-5H,1H3. The average molecular weight is 396 g/mol. The van der Waals surface area contributed by atoms with Gasteiger partial charge in [0.2, 0.25) is 0 Å². The maximum Gasteiger partial charge on any atom is 0.133 e. The normalized spacial score (nSPS) is 10.3. The zero-order valence-corrected chi connectivity index (χ0v) is 12.4. The van der Waals surface area contributed by atoms with Crippen molar-refractivity contribution in [1.29, 1.82) is 0 Å². The summed E-state index contributed by atoms with van der Waals surface area (Å²) in [6.07, 6.45) is 1.81. The number of ether oxygens (including phenoxy) is 1. The van der Waals surface area contributed by atoms with Gasteiger partial charge >= 0.3 is 0 Å². The van der Waals surface area contributed by atoms with Crippen LogP contribution in [0.25, 0.3) is 10.6 Å². The lowest BCUT2D eigenvalue weighted by Gasteiger charge is -2.07. The number of rotatable bonds is 2. The van der Waals surface area contributed by atoms with Gasteiger partial charge in [-0.15, -0.1) is 11.3 Å². The van der Waals surface area contributed by atoms with E-state index in [0.717, 1.165) is 24.4 Å². The molecule has 1 aromatic heterocycles. The number of methoxy groups -OCH3 is 1. The van der Waals surface area contributed by atoms with E-state index in [1.807, 2.05) is 23.7 Å². The Bertz CT molecular complexity index is 473. The van der Waals surface area contributed by atoms with Crippen LogP contribution >= 0.6 is 49.9 Å². The number of hydrogen-bond acceptors (Lipinski definition) is 3. The van der Waals surface area contributed by atoms with Crippen molar-refractivity contribution in [3.8, 4) is 16.3 Å². The monoisotopic (exact) mass is 395 g/mol. The fourth-order valence-corrected chi connectivity index (χ4v) is 3.71. The van der Waals surface area contributed by atoms with E-state index in [2.05, 4.69) is 43.5 Å². The molecule has 2 nitrogen and oxygen atoms in total. The van der Waals surface area contributed by atoms with Crippen molar-refractivity contribution in [2.24, 2.45) is 0 Å². The third kappa shape index (κ3) is 2.34. The molecule has 0 unspecified atom stereocenters. The molecule has 0 fully saturated rings. The molecule has 0 atom stereocenters. The highest BCUT2D eigenvalue weighted by molar-refractivity contribution is 14.1. The molecule has 1 aromatic carbocycles. The first-order valence-electron chi connectivity index (χ1n) is 4.15. The lowest BCUT2D eigenvalue weighted by atomic mass is 10.2. The first-order chi connectivity index (χ1) is 7.22. The molecule has 78 valence electrons. The van der Waals surface area contributed by atoms with Gasteiger partial charge in [-0.25, -0.2) is 4.98 Å². The van der Waals surface area contributed by atoms with Gasteiger partial charge in [0.1, 0.15) is 10.8 Å². The van der Waals surface area contributed by atoms with Crippen molar-refractivity contribution in [2.45, 2.75) is 0 Å². The van der Waals surface area contributed by atoms with Gasteiger partial charge in [0.25, 0.3) is 0 Å². The molecule has 1 heterocycles. The van der Waals surface area contributed by atoms with E-state index in [1.165, 1.54) is 0 Å². The van der Waals surface area contributed by atoms with Crippen molar-refractivity contribution < 1.29 is 4.74 Å². The molecule has 2 aromatic rings. The van der Waals surface area contributed by atoms with Crippen LogP contribution in [0.15, 0.2) is 28.2 Å². The third-order valence-corrected chi connectivity index (χ3v) is 4.22. The van der Waals surface area contributed by atoms with Crippen LogP contribution in [0.5, 0.6) is 5.75 Å². The molecule has 0 amide bonds. The van der Waals surface area contributed by atoms with E-state index in [-0.39, 0.29) is 0 Å². The average Bonchev–Trinajstić information content (AvgIpc) is 2.71. The molecule has 0 N–H and O–H groups in total. The van der Waals surface area contributed by atoms with Gasteiger partial charge in [-0.3, -0.25) is 0 Å². The van der Waals surface area contributed by atoms with Gasteiger partial charge in [-0.05, 0) is 50.7 Å². The molecule has 15 heavy (non-hydrogen) atoms. The van der Waals surface area contributed by atoms with Gasteiger partial charge in [0, 0.05) is 20.7 Å². The molecule has 0 aliphatic rings. The highest BCUT2D eigenvalue weighted by Crippen LogP contribution is 2.35. The molecular formula is C10H7BrINOS. The minimum atomic E-state index is 0.834. The summed E-state index contributed by atoms with van der Waals surface area (Å²) in [7, 11) is 1.67. The van der Waals surface area contributed by atoms with Gasteiger partial charge in [0.05, 0.1) is 11.6 Å². The highest BCUT2D eigenvalue weighted by Gasteiger charge is 2.10. The predicted molar refractivity (Wildman–Crippen MR) is 74.5 cm³/mol. The maximum atomic E-state index is 5.27. The topological polar surface area (TPSA) is 22.1 Å². The quantitative estimate of drug-likeness (QED) is 0.711. The van der Waals surface area contributed by atoms with Gasteiger partial charge in [0.15, 0.2) is 0 Å². The maximum absolute atomic E-state index is 5.27. The zero-order chi connectivity index (χ0) is 10.8. The lowest BCUT2D eigenvalue weighted by Crippen LogP contribution is -1.88. The Hall–Kier alpha value is -0.140. The highest BCUT2D eigenvalue weighted by atomic mass is 127.